The number of benzene rings is 2. The van der Waals surface area contributed by atoms with Crippen molar-refractivity contribution in [1.29, 1.82) is 0 Å². The van der Waals surface area contributed by atoms with Gasteiger partial charge in [-0.2, -0.15) is 0 Å². The molecule has 0 bridgehead atoms. The first-order valence-electron chi connectivity index (χ1n) is 7.42. The van der Waals surface area contributed by atoms with E-state index < -0.39 is 0 Å². The fourth-order valence-corrected chi connectivity index (χ4v) is 3.23. The molecule has 0 unspecified atom stereocenters. The van der Waals surface area contributed by atoms with Gasteiger partial charge < -0.3 is 10.2 Å². The third kappa shape index (κ3) is 3.60. The molecule has 3 heteroatoms. The molecule has 0 saturated carbocycles. The molecule has 1 aliphatic rings. The van der Waals surface area contributed by atoms with Gasteiger partial charge in [0.1, 0.15) is 0 Å². The van der Waals surface area contributed by atoms with Crippen molar-refractivity contribution in [1.82, 2.24) is 10.2 Å². The smallest absolute Gasteiger partial charge is 0.0206 e. The van der Waals surface area contributed by atoms with Gasteiger partial charge >= 0.3 is 0 Å². The number of fused-ring (bicyclic) bond motifs is 1. The van der Waals surface area contributed by atoms with E-state index in [4.69, 9.17) is 0 Å². The lowest BCUT2D eigenvalue weighted by Crippen LogP contribution is -2.29. The fourth-order valence-electron chi connectivity index (χ4n) is 2.85. The number of rotatable bonds is 5. The fraction of sp³-hybridized carbons (Fsp3) is 0.412. The van der Waals surface area contributed by atoms with E-state index in [1.54, 1.807) is 0 Å². The Morgan fingerprint density at radius 3 is 2.60 bits per heavy atom. The zero-order valence-corrected chi connectivity index (χ0v) is 13.3. The molecule has 2 aromatic carbocycles. The van der Waals surface area contributed by atoms with Crippen molar-refractivity contribution >= 4 is 26.7 Å². The van der Waals surface area contributed by atoms with Crippen molar-refractivity contribution in [3.63, 3.8) is 0 Å². The predicted octanol–water partition coefficient (Wildman–Crippen LogP) is 3.79. The quantitative estimate of drug-likeness (QED) is 0.838. The molecule has 1 saturated heterocycles. The maximum atomic E-state index is 3.55. The first-order valence-corrected chi connectivity index (χ1v) is 8.22. The van der Waals surface area contributed by atoms with E-state index in [0.29, 0.717) is 0 Å². The maximum absolute atomic E-state index is 3.55. The lowest BCUT2D eigenvalue weighted by atomic mass is 10.1. The highest BCUT2D eigenvalue weighted by atomic mass is 79.9. The molecule has 1 fully saturated rings. The molecule has 2 aromatic rings. The molecule has 0 atom stereocenters. The first-order chi connectivity index (χ1) is 9.81. The molecule has 0 aliphatic carbocycles. The molecular weight excluding hydrogens is 312 g/mol. The topological polar surface area (TPSA) is 15.3 Å². The Hall–Kier alpha value is -0.900. The van der Waals surface area contributed by atoms with E-state index in [2.05, 4.69) is 62.5 Å². The molecule has 1 N–H and O–H groups in total. The number of nitrogens with zero attached hydrogens (tertiary/aromatic N) is 1. The number of halogens is 1. The SMILES string of the molecule is Brc1ccc2cc(CNCCN3CCCC3)ccc2c1. The number of hydrogen-bond acceptors (Lipinski definition) is 2. The molecule has 2 nitrogen and oxygen atoms in total. The summed E-state index contributed by atoms with van der Waals surface area (Å²) in [5.41, 5.74) is 1.36. The number of hydrogen-bond donors (Lipinski definition) is 1. The summed E-state index contributed by atoms with van der Waals surface area (Å²) in [5.74, 6) is 0. The maximum Gasteiger partial charge on any atom is 0.0206 e. The summed E-state index contributed by atoms with van der Waals surface area (Å²) >= 11 is 3.52. The molecule has 0 spiro atoms. The van der Waals surface area contributed by atoms with Gasteiger partial charge in [-0.25, -0.2) is 0 Å². The molecule has 106 valence electrons. The minimum atomic E-state index is 0.958. The zero-order valence-electron chi connectivity index (χ0n) is 11.7. The van der Waals surface area contributed by atoms with Crippen LogP contribution in [0.15, 0.2) is 40.9 Å². The molecular formula is C17H21BrN2. The van der Waals surface area contributed by atoms with Gasteiger partial charge in [-0.1, -0.05) is 34.1 Å². The van der Waals surface area contributed by atoms with Crippen LogP contribution in [0.25, 0.3) is 10.8 Å². The Bertz CT molecular complexity index is 576. The Morgan fingerprint density at radius 2 is 1.75 bits per heavy atom. The van der Waals surface area contributed by atoms with Crippen LogP contribution in [-0.4, -0.2) is 31.1 Å². The summed E-state index contributed by atoms with van der Waals surface area (Å²) in [6, 6.07) is 13.2. The van der Waals surface area contributed by atoms with Gasteiger partial charge in [-0.3, -0.25) is 0 Å². The number of likely N-dealkylation sites (tertiary alicyclic amines) is 1. The Morgan fingerprint density at radius 1 is 1.00 bits per heavy atom. The summed E-state index contributed by atoms with van der Waals surface area (Å²) < 4.78 is 1.14. The monoisotopic (exact) mass is 332 g/mol. The first kappa shape index (κ1) is 14.1. The Kier molecular flexibility index (Phi) is 4.71. The third-order valence-corrected chi connectivity index (χ3v) is 4.49. The van der Waals surface area contributed by atoms with Gasteiger partial charge in [0.25, 0.3) is 0 Å². The average Bonchev–Trinajstić information content (AvgIpc) is 2.97. The minimum absolute atomic E-state index is 0.958. The predicted molar refractivity (Wildman–Crippen MR) is 89.0 cm³/mol. The van der Waals surface area contributed by atoms with Crippen LogP contribution in [0, 0.1) is 0 Å². The molecule has 3 rings (SSSR count). The largest absolute Gasteiger partial charge is 0.311 e. The lowest BCUT2D eigenvalue weighted by molar-refractivity contribution is 0.335. The van der Waals surface area contributed by atoms with Crippen LogP contribution in [0.1, 0.15) is 18.4 Å². The second-order valence-corrected chi connectivity index (χ2v) is 6.47. The van der Waals surface area contributed by atoms with Crippen molar-refractivity contribution < 1.29 is 0 Å². The van der Waals surface area contributed by atoms with Crippen molar-refractivity contribution in [2.24, 2.45) is 0 Å². The Labute approximate surface area is 129 Å². The normalized spacial score (nSPS) is 16.1. The molecule has 20 heavy (non-hydrogen) atoms. The van der Waals surface area contributed by atoms with Gasteiger partial charge in [0.15, 0.2) is 0 Å². The number of nitrogens with one attached hydrogen (secondary N) is 1. The van der Waals surface area contributed by atoms with Gasteiger partial charge in [0, 0.05) is 24.1 Å². The van der Waals surface area contributed by atoms with Crippen molar-refractivity contribution in [3.05, 3.63) is 46.4 Å². The van der Waals surface area contributed by atoms with Gasteiger partial charge in [-0.15, -0.1) is 0 Å². The molecule has 0 radical (unpaired) electrons. The van der Waals surface area contributed by atoms with Gasteiger partial charge in [0.2, 0.25) is 0 Å². The Balaban J connectivity index is 1.53. The van der Waals surface area contributed by atoms with E-state index in [1.165, 1.54) is 48.8 Å². The van der Waals surface area contributed by atoms with Crippen molar-refractivity contribution in [2.75, 3.05) is 26.2 Å². The van der Waals surface area contributed by atoms with E-state index in [1.807, 2.05) is 0 Å². The second-order valence-electron chi connectivity index (χ2n) is 5.55. The highest BCUT2D eigenvalue weighted by molar-refractivity contribution is 9.10. The standard InChI is InChI=1S/C17H21BrN2/c18-17-6-5-15-11-14(3-4-16(15)12-17)13-19-7-10-20-8-1-2-9-20/h3-6,11-12,19H,1-2,7-10,13H2. The van der Waals surface area contributed by atoms with Gasteiger partial charge in [0.05, 0.1) is 0 Å². The summed E-state index contributed by atoms with van der Waals surface area (Å²) in [6.45, 7) is 5.79. The van der Waals surface area contributed by atoms with Crippen molar-refractivity contribution in [2.45, 2.75) is 19.4 Å². The van der Waals surface area contributed by atoms with Crippen LogP contribution in [0.3, 0.4) is 0 Å². The summed E-state index contributed by atoms with van der Waals surface area (Å²) in [7, 11) is 0. The molecule has 1 aliphatic heterocycles. The van der Waals surface area contributed by atoms with Crippen molar-refractivity contribution in [3.8, 4) is 0 Å². The average molecular weight is 333 g/mol. The third-order valence-electron chi connectivity index (χ3n) is 4.00. The minimum Gasteiger partial charge on any atom is -0.311 e. The lowest BCUT2D eigenvalue weighted by Gasteiger charge is -2.14. The van der Waals surface area contributed by atoms with E-state index >= 15 is 0 Å². The summed E-state index contributed by atoms with van der Waals surface area (Å²) in [6.07, 6.45) is 2.75. The summed E-state index contributed by atoms with van der Waals surface area (Å²) in [4.78, 5) is 2.55. The summed E-state index contributed by atoms with van der Waals surface area (Å²) in [5, 5.41) is 6.16. The zero-order chi connectivity index (χ0) is 13.8. The van der Waals surface area contributed by atoms with Crippen LogP contribution in [0.4, 0.5) is 0 Å². The van der Waals surface area contributed by atoms with E-state index in [-0.39, 0.29) is 0 Å². The van der Waals surface area contributed by atoms with Gasteiger partial charge in [-0.05, 0) is 60.5 Å². The molecule has 0 aromatic heterocycles. The van der Waals surface area contributed by atoms with Crippen LogP contribution in [-0.2, 0) is 6.54 Å². The van der Waals surface area contributed by atoms with E-state index in [0.717, 1.165) is 17.6 Å². The highest BCUT2D eigenvalue weighted by Crippen LogP contribution is 2.20. The van der Waals surface area contributed by atoms with E-state index in [9.17, 15) is 0 Å². The van der Waals surface area contributed by atoms with Crippen LogP contribution < -0.4 is 5.32 Å². The second kappa shape index (κ2) is 6.70. The highest BCUT2D eigenvalue weighted by Gasteiger charge is 2.09. The van der Waals surface area contributed by atoms with Crippen LogP contribution in [0.5, 0.6) is 0 Å². The molecule has 0 amide bonds. The molecule has 1 heterocycles. The van der Waals surface area contributed by atoms with Crippen LogP contribution >= 0.6 is 15.9 Å². The van der Waals surface area contributed by atoms with Crippen LogP contribution in [0.2, 0.25) is 0 Å².